The molecule has 0 spiro atoms. The first-order valence-corrected chi connectivity index (χ1v) is 11.3. The van der Waals surface area contributed by atoms with Gasteiger partial charge in [-0.3, -0.25) is 15.1 Å². The van der Waals surface area contributed by atoms with Gasteiger partial charge in [-0.25, -0.2) is 23.1 Å². The molecule has 4 atom stereocenters. The fourth-order valence-electron chi connectivity index (χ4n) is 4.43. The summed E-state index contributed by atoms with van der Waals surface area (Å²) in [6.07, 6.45) is 5.44. The van der Waals surface area contributed by atoms with E-state index in [1.165, 1.54) is 6.20 Å². The van der Waals surface area contributed by atoms with E-state index >= 15 is 0 Å². The second kappa shape index (κ2) is 7.59. The van der Waals surface area contributed by atoms with Crippen LogP contribution in [0.4, 0.5) is 13.6 Å². The highest BCUT2D eigenvalue weighted by molar-refractivity contribution is 6.31. The highest BCUT2D eigenvalue weighted by atomic mass is 35.5. The number of ether oxygens (including phenoxy) is 1. The van der Waals surface area contributed by atoms with Crippen molar-refractivity contribution in [3.8, 4) is 5.75 Å². The van der Waals surface area contributed by atoms with Crippen LogP contribution in [-0.2, 0) is 4.79 Å². The molecule has 1 saturated heterocycles. The molecule has 2 N–H and O–H groups in total. The molecule has 0 aromatic carbocycles. The van der Waals surface area contributed by atoms with Crippen molar-refractivity contribution in [2.24, 2.45) is 5.92 Å². The number of pyridine rings is 1. The zero-order valence-electron chi connectivity index (χ0n) is 17.7. The van der Waals surface area contributed by atoms with E-state index in [9.17, 15) is 18.4 Å². The molecule has 3 fully saturated rings. The highest BCUT2D eigenvalue weighted by Crippen LogP contribution is 2.56. The zero-order chi connectivity index (χ0) is 23.6. The van der Waals surface area contributed by atoms with E-state index in [1.54, 1.807) is 23.0 Å². The molecule has 0 bridgehead atoms. The number of alkyl halides is 2. The van der Waals surface area contributed by atoms with Crippen LogP contribution in [0.25, 0.3) is 5.65 Å². The Morgan fingerprint density at radius 3 is 2.79 bits per heavy atom. The fourth-order valence-corrected chi connectivity index (χ4v) is 4.59. The van der Waals surface area contributed by atoms with Crippen molar-refractivity contribution in [2.75, 3.05) is 13.2 Å². The largest absolute Gasteiger partial charge is 0.491 e. The number of carbonyl (C=O) groups is 2. The van der Waals surface area contributed by atoms with Gasteiger partial charge in [0.1, 0.15) is 10.8 Å². The van der Waals surface area contributed by atoms with E-state index < -0.39 is 29.7 Å². The molecule has 176 valence electrons. The van der Waals surface area contributed by atoms with Crippen LogP contribution >= 0.6 is 11.6 Å². The number of hydrogen-bond acceptors (Lipinski definition) is 6. The van der Waals surface area contributed by atoms with Crippen molar-refractivity contribution in [3.05, 3.63) is 52.7 Å². The predicted octanol–water partition coefficient (Wildman–Crippen LogP) is 3.01. The van der Waals surface area contributed by atoms with Crippen LogP contribution in [0.3, 0.4) is 0 Å². The quantitative estimate of drug-likeness (QED) is 0.552. The van der Waals surface area contributed by atoms with Gasteiger partial charge in [0, 0.05) is 54.8 Å². The topological polar surface area (TPSA) is 111 Å². The molecule has 9 nitrogen and oxygen atoms in total. The number of halogens is 3. The molecule has 2 aliphatic carbocycles. The van der Waals surface area contributed by atoms with Gasteiger partial charge in [-0.2, -0.15) is 5.10 Å². The van der Waals surface area contributed by atoms with E-state index in [4.69, 9.17) is 16.3 Å². The lowest BCUT2D eigenvalue weighted by Gasteiger charge is -2.22. The van der Waals surface area contributed by atoms with Gasteiger partial charge in [-0.15, -0.1) is 0 Å². The van der Waals surface area contributed by atoms with Crippen molar-refractivity contribution in [1.82, 2.24) is 30.2 Å². The molecule has 6 rings (SSSR count). The third-order valence-corrected chi connectivity index (χ3v) is 6.87. The molecule has 2 saturated carbocycles. The Balaban J connectivity index is 1.25. The average molecular weight is 489 g/mol. The minimum absolute atomic E-state index is 0.0533. The van der Waals surface area contributed by atoms with Crippen LogP contribution in [0.2, 0.25) is 5.02 Å². The maximum Gasteiger partial charge on any atom is 0.321 e. The number of hydrogen-bond donors (Lipinski definition) is 2. The summed E-state index contributed by atoms with van der Waals surface area (Å²) in [4.78, 5) is 32.7. The number of rotatable bonds is 6. The third kappa shape index (κ3) is 3.73. The number of fused-ring (bicyclic) bond motifs is 1. The smallest absolute Gasteiger partial charge is 0.321 e. The number of urea groups is 1. The van der Waals surface area contributed by atoms with Gasteiger partial charge in [0.05, 0.1) is 24.1 Å². The summed E-state index contributed by atoms with van der Waals surface area (Å²) in [7, 11) is 0. The van der Waals surface area contributed by atoms with Crippen molar-refractivity contribution in [2.45, 2.75) is 36.5 Å². The molecule has 34 heavy (non-hydrogen) atoms. The van der Waals surface area contributed by atoms with Crippen LogP contribution in [0.5, 0.6) is 5.75 Å². The van der Waals surface area contributed by atoms with Crippen molar-refractivity contribution in [1.29, 1.82) is 0 Å². The molecule has 3 aromatic rings. The maximum absolute atomic E-state index is 13.2. The molecular formula is C22H19ClF2N6O3. The predicted molar refractivity (Wildman–Crippen MR) is 115 cm³/mol. The number of nitrogens with zero attached hydrogens (tertiary/aromatic N) is 4. The number of nitrogens with one attached hydrogen (secondary N) is 2. The van der Waals surface area contributed by atoms with Crippen LogP contribution in [0.15, 0.2) is 30.7 Å². The average Bonchev–Trinajstić information content (AvgIpc) is 3.64. The van der Waals surface area contributed by atoms with Gasteiger partial charge < -0.3 is 10.1 Å². The third-order valence-electron chi connectivity index (χ3n) is 6.59. The normalized spacial score (nSPS) is 27.3. The number of imide groups is 1. The first-order valence-electron chi connectivity index (χ1n) is 10.9. The van der Waals surface area contributed by atoms with E-state index in [0.29, 0.717) is 17.1 Å². The number of amides is 3. The minimum atomic E-state index is -2.66. The zero-order valence-corrected chi connectivity index (χ0v) is 18.4. The summed E-state index contributed by atoms with van der Waals surface area (Å²) >= 11 is 6.18. The molecule has 12 heteroatoms. The van der Waals surface area contributed by atoms with Gasteiger partial charge in [0.25, 0.3) is 5.92 Å². The summed E-state index contributed by atoms with van der Waals surface area (Å²) in [5.74, 6) is -3.99. The maximum atomic E-state index is 13.2. The Hall–Kier alpha value is -3.34. The Kier molecular flexibility index (Phi) is 4.73. The van der Waals surface area contributed by atoms with Crippen LogP contribution in [0.1, 0.15) is 47.5 Å². The van der Waals surface area contributed by atoms with E-state index in [1.807, 2.05) is 6.07 Å². The second-order valence-electron chi connectivity index (χ2n) is 8.93. The highest BCUT2D eigenvalue weighted by Gasteiger charge is 2.57. The molecule has 2 unspecified atom stereocenters. The Morgan fingerprint density at radius 2 is 2.03 bits per heavy atom. The van der Waals surface area contributed by atoms with Crippen LogP contribution in [-0.4, -0.2) is 50.6 Å². The summed E-state index contributed by atoms with van der Waals surface area (Å²) < 4.78 is 33.6. The molecule has 3 amide bonds. The number of carbonyl (C=O) groups excluding carboxylic acids is 2. The van der Waals surface area contributed by atoms with Crippen LogP contribution < -0.4 is 15.4 Å². The summed E-state index contributed by atoms with van der Waals surface area (Å²) in [6, 6.07) is 3.05. The number of aromatic nitrogens is 4. The minimum Gasteiger partial charge on any atom is -0.491 e. The van der Waals surface area contributed by atoms with Gasteiger partial charge in [0.15, 0.2) is 5.65 Å². The summed E-state index contributed by atoms with van der Waals surface area (Å²) in [6.45, 7) is 0.0670. The molecule has 1 aliphatic heterocycles. The van der Waals surface area contributed by atoms with Gasteiger partial charge >= 0.3 is 6.03 Å². The SMILES string of the molecule is O=C1NCC(c2cc([C@H]3C[C@@H]3c3cc(OCC4CC4(F)F)c(Cl)cn3)c3nccn3n2)C(=O)N1. The van der Waals surface area contributed by atoms with Crippen molar-refractivity contribution >= 4 is 29.2 Å². The molecule has 3 aliphatic rings. The molecular weight excluding hydrogens is 470 g/mol. The fraction of sp³-hybridized carbons (Fsp3) is 0.409. The van der Waals surface area contributed by atoms with E-state index in [0.717, 1.165) is 17.7 Å². The van der Waals surface area contributed by atoms with Gasteiger partial charge in [-0.05, 0) is 18.4 Å². The van der Waals surface area contributed by atoms with Crippen molar-refractivity contribution < 1.29 is 23.1 Å². The molecule has 0 radical (unpaired) electrons. The monoisotopic (exact) mass is 488 g/mol. The first kappa shape index (κ1) is 21.2. The lowest BCUT2D eigenvalue weighted by atomic mass is 9.99. The van der Waals surface area contributed by atoms with E-state index in [2.05, 4.69) is 25.7 Å². The van der Waals surface area contributed by atoms with Crippen LogP contribution in [0, 0.1) is 5.92 Å². The molecule has 4 heterocycles. The van der Waals surface area contributed by atoms with Crippen molar-refractivity contribution in [3.63, 3.8) is 0 Å². The Morgan fingerprint density at radius 1 is 1.21 bits per heavy atom. The summed E-state index contributed by atoms with van der Waals surface area (Å²) in [5.41, 5.74) is 2.87. The standard InChI is InChI=1S/C22H19ClF2N6O3/c23-15-8-27-16(5-18(15)34-9-10-6-22(10,24)25)12-3-11(12)13-4-17(30-31-2-1-26-19(13)31)14-7-28-21(33)29-20(14)32/h1-2,4-5,8,10-12,14H,3,6-7,9H2,(H2,28,29,32,33)/t10?,11-,12-,14?/m0/s1. The second-order valence-corrected chi connectivity index (χ2v) is 9.34. The lowest BCUT2D eigenvalue weighted by molar-refractivity contribution is -0.122. The van der Waals surface area contributed by atoms with Gasteiger partial charge in [0.2, 0.25) is 5.91 Å². The molecule has 3 aromatic heterocycles. The van der Waals surface area contributed by atoms with E-state index in [-0.39, 0.29) is 36.4 Å². The summed E-state index contributed by atoms with van der Waals surface area (Å²) in [5, 5.41) is 9.69. The first-order chi connectivity index (χ1) is 16.3. The lowest BCUT2D eigenvalue weighted by Crippen LogP contribution is -2.51. The Bertz CT molecular complexity index is 1330. The van der Waals surface area contributed by atoms with Gasteiger partial charge in [-0.1, -0.05) is 11.6 Å². The Labute approximate surface area is 196 Å². The number of imidazole rings is 1.